The van der Waals surface area contributed by atoms with Crippen molar-refractivity contribution >= 4 is 17.6 Å². The van der Waals surface area contributed by atoms with Crippen LogP contribution in [0.25, 0.3) is 16.8 Å². The van der Waals surface area contributed by atoms with Gasteiger partial charge in [0.2, 0.25) is 5.88 Å². The van der Waals surface area contributed by atoms with E-state index in [4.69, 9.17) is 19.2 Å². The first-order chi connectivity index (χ1) is 15.1. The van der Waals surface area contributed by atoms with Crippen LogP contribution in [0.2, 0.25) is 0 Å². The van der Waals surface area contributed by atoms with E-state index in [1.165, 1.54) is 0 Å². The Kier molecular flexibility index (Phi) is 6.17. The minimum atomic E-state index is -0.311. The Morgan fingerprint density at radius 2 is 1.97 bits per heavy atom. The molecule has 10 nitrogen and oxygen atoms in total. The van der Waals surface area contributed by atoms with Gasteiger partial charge in [0.05, 0.1) is 25.5 Å². The van der Waals surface area contributed by atoms with E-state index in [9.17, 15) is 4.79 Å². The SMILES string of the molecule is COC[C@H](C)OC(=O)N1CCN(c2ccn3ncc(-c4cccnc4OC)c3n2)CC1. The van der Waals surface area contributed by atoms with Crippen molar-refractivity contribution in [1.29, 1.82) is 0 Å². The first-order valence-corrected chi connectivity index (χ1v) is 10.1. The maximum Gasteiger partial charge on any atom is 0.410 e. The zero-order valence-corrected chi connectivity index (χ0v) is 17.9. The molecule has 0 aliphatic carbocycles. The van der Waals surface area contributed by atoms with E-state index < -0.39 is 0 Å². The zero-order valence-electron chi connectivity index (χ0n) is 17.9. The van der Waals surface area contributed by atoms with Crippen LogP contribution in [-0.4, -0.2) is 83.7 Å². The molecule has 4 heterocycles. The molecular formula is C21H26N6O4. The molecular weight excluding hydrogens is 400 g/mol. The van der Waals surface area contributed by atoms with Crippen LogP contribution in [0.15, 0.2) is 36.8 Å². The molecule has 1 aliphatic heterocycles. The summed E-state index contributed by atoms with van der Waals surface area (Å²) in [6, 6.07) is 5.72. The largest absolute Gasteiger partial charge is 0.481 e. The summed E-state index contributed by atoms with van der Waals surface area (Å²) < 4.78 is 17.6. The fraction of sp³-hybridized carbons (Fsp3) is 0.429. The van der Waals surface area contributed by atoms with Crippen LogP contribution in [0.1, 0.15) is 6.92 Å². The number of hydrogen-bond donors (Lipinski definition) is 0. The van der Waals surface area contributed by atoms with E-state index in [1.54, 1.807) is 36.0 Å². The van der Waals surface area contributed by atoms with Crippen LogP contribution in [0.5, 0.6) is 5.88 Å². The summed E-state index contributed by atoms with van der Waals surface area (Å²) in [5.41, 5.74) is 2.41. The lowest BCUT2D eigenvalue weighted by Crippen LogP contribution is -2.49. The quantitative estimate of drug-likeness (QED) is 0.592. The second kappa shape index (κ2) is 9.17. The van der Waals surface area contributed by atoms with Gasteiger partial charge in [-0.1, -0.05) is 0 Å². The number of hydrogen-bond acceptors (Lipinski definition) is 8. The summed E-state index contributed by atoms with van der Waals surface area (Å²) in [5.74, 6) is 1.36. The van der Waals surface area contributed by atoms with Crippen molar-refractivity contribution in [3.05, 3.63) is 36.8 Å². The predicted octanol–water partition coefficient (Wildman–Crippen LogP) is 2.09. The standard InChI is InChI=1S/C21H26N6O4/c1-15(14-29-2)31-21(28)26-11-9-25(10-12-26)18-6-8-27-19(24-18)17(13-23-27)16-5-4-7-22-20(16)30-3/h4-8,13,15H,9-12,14H2,1-3H3/t15-/m0/s1. The number of ether oxygens (including phenoxy) is 3. The number of carbonyl (C=O) groups excluding carboxylic acids is 1. The Hall–Kier alpha value is -3.40. The number of aromatic nitrogens is 4. The highest BCUT2D eigenvalue weighted by Crippen LogP contribution is 2.31. The fourth-order valence-corrected chi connectivity index (χ4v) is 3.62. The molecule has 1 atom stereocenters. The van der Waals surface area contributed by atoms with Crippen LogP contribution >= 0.6 is 0 Å². The lowest BCUT2D eigenvalue weighted by molar-refractivity contribution is 0.0277. The monoisotopic (exact) mass is 426 g/mol. The average molecular weight is 426 g/mol. The molecule has 3 aromatic heterocycles. The minimum Gasteiger partial charge on any atom is -0.481 e. The molecule has 0 unspecified atom stereocenters. The Morgan fingerprint density at radius 1 is 1.16 bits per heavy atom. The van der Waals surface area contributed by atoms with Crippen LogP contribution in [0.3, 0.4) is 0 Å². The zero-order chi connectivity index (χ0) is 21.8. The maximum atomic E-state index is 12.3. The lowest BCUT2D eigenvalue weighted by atomic mass is 10.1. The van der Waals surface area contributed by atoms with Gasteiger partial charge in [-0.05, 0) is 25.1 Å². The van der Waals surface area contributed by atoms with E-state index >= 15 is 0 Å². The first-order valence-electron chi connectivity index (χ1n) is 10.1. The average Bonchev–Trinajstić information content (AvgIpc) is 3.22. The van der Waals surface area contributed by atoms with Gasteiger partial charge in [-0.15, -0.1) is 0 Å². The minimum absolute atomic E-state index is 0.274. The van der Waals surface area contributed by atoms with Gasteiger partial charge in [-0.25, -0.2) is 19.3 Å². The van der Waals surface area contributed by atoms with Gasteiger partial charge in [0.15, 0.2) is 5.65 Å². The van der Waals surface area contributed by atoms with Crippen molar-refractivity contribution in [3.63, 3.8) is 0 Å². The van der Waals surface area contributed by atoms with Gasteiger partial charge in [0, 0.05) is 51.2 Å². The highest BCUT2D eigenvalue weighted by molar-refractivity contribution is 5.80. The van der Waals surface area contributed by atoms with Gasteiger partial charge in [0.1, 0.15) is 11.9 Å². The Labute approximate surface area is 180 Å². The van der Waals surface area contributed by atoms with Gasteiger partial charge in [-0.2, -0.15) is 5.10 Å². The normalized spacial score (nSPS) is 15.2. The molecule has 0 aromatic carbocycles. The topological polar surface area (TPSA) is 94.3 Å². The van der Waals surface area contributed by atoms with E-state index in [1.807, 2.05) is 31.3 Å². The third-order valence-corrected chi connectivity index (χ3v) is 5.17. The summed E-state index contributed by atoms with van der Waals surface area (Å²) in [4.78, 5) is 25.3. The van der Waals surface area contributed by atoms with Crippen LogP contribution in [-0.2, 0) is 9.47 Å². The van der Waals surface area contributed by atoms with Crippen LogP contribution in [0, 0.1) is 0 Å². The molecule has 1 aliphatic rings. The number of pyridine rings is 1. The molecule has 1 amide bonds. The van der Waals surface area contributed by atoms with E-state index in [2.05, 4.69) is 15.0 Å². The number of anilines is 1. The number of amides is 1. The van der Waals surface area contributed by atoms with Gasteiger partial charge >= 0.3 is 6.09 Å². The van der Waals surface area contributed by atoms with Crippen LogP contribution < -0.4 is 9.64 Å². The highest BCUT2D eigenvalue weighted by atomic mass is 16.6. The predicted molar refractivity (Wildman–Crippen MR) is 114 cm³/mol. The second-order valence-electron chi connectivity index (χ2n) is 7.30. The fourth-order valence-electron chi connectivity index (χ4n) is 3.62. The Balaban J connectivity index is 1.49. The van der Waals surface area contributed by atoms with Crippen LogP contribution in [0.4, 0.5) is 10.6 Å². The molecule has 3 aromatic rings. The molecule has 10 heteroatoms. The number of methoxy groups -OCH3 is 2. The third kappa shape index (κ3) is 4.38. The van der Waals surface area contributed by atoms with Gasteiger partial charge in [0.25, 0.3) is 0 Å². The summed E-state index contributed by atoms with van der Waals surface area (Å²) >= 11 is 0. The lowest BCUT2D eigenvalue weighted by Gasteiger charge is -2.35. The van der Waals surface area contributed by atoms with Gasteiger partial charge < -0.3 is 24.0 Å². The van der Waals surface area contributed by atoms with Crippen molar-refractivity contribution in [3.8, 4) is 17.0 Å². The Morgan fingerprint density at radius 3 is 2.71 bits per heavy atom. The van der Waals surface area contributed by atoms with Crippen molar-refractivity contribution in [1.82, 2.24) is 24.5 Å². The molecule has 31 heavy (non-hydrogen) atoms. The molecule has 1 saturated heterocycles. The smallest absolute Gasteiger partial charge is 0.410 e. The molecule has 0 N–H and O–H groups in total. The number of nitrogens with zero attached hydrogens (tertiary/aromatic N) is 6. The molecule has 0 saturated carbocycles. The van der Waals surface area contributed by atoms with E-state index in [-0.39, 0.29) is 12.2 Å². The van der Waals surface area contributed by atoms with E-state index in [0.717, 1.165) is 22.6 Å². The molecule has 164 valence electrons. The molecule has 1 fully saturated rings. The maximum absolute atomic E-state index is 12.3. The summed E-state index contributed by atoms with van der Waals surface area (Å²) in [6.07, 6.45) is 4.75. The Bertz CT molecular complexity index is 1050. The van der Waals surface area contributed by atoms with Crippen molar-refractivity contribution in [2.75, 3.05) is 51.9 Å². The summed E-state index contributed by atoms with van der Waals surface area (Å²) in [5, 5.41) is 4.41. The van der Waals surface area contributed by atoms with Crippen molar-refractivity contribution < 1.29 is 19.0 Å². The number of carbonyl (C=O) groups is 1. The number of fused-ring (bicyclic) bond motifs is 1. The molecule has 4 rings (SSSR count). The van der Waals surface area contributed by atoms with Crippen molar-refractivity contribution in [2.45, 2.75) is 13.0 Å². The van der Waals surface area contributed by atoms with Crippen molar-refractivity contribution in [2.24, 2.45) is 0 Å². The summed E-state index contributed by atoms with van der Waals surface area (Å²) in [6.45, 7) is 4.65. The van der Waals surface area contributed by atoms with Gasteiger partial charge in [-0.3, -0.25) is 0 Å². The van der Waals surface area contributed by atoms with E-state index in [0.29, 0.717) is 38.7 Å². The first kappa shape index (κ1) is 20.9. The third-order valence-electron chi connectivity index (χ3n) is 5.17. The number of piperazine rings is 1. The molecule has 0 bridgehead atoms. The molecule has 0 spiro atoms. The number of rotatable bonds is 6. The summed E-state index contributed by atoms with van der Waals surface area (Å²) in [7, 11) is 3.18. The highest BCUT2D eigenvalue weighted by Gasteiger charge is 2.25. The molecule has 0 radical (unpaired) electrons. The second-order valence-corrected chi connectivity index (χ2v) is 7.30.